The molecule has 2 aromatic rings. The summed E-state index contributed by atoms with van der Waals surface area (Å²) < 4.78 is 10.0. The Labute approximate surface area is 107 Å². The van der Waals surface area contributed by atoms with Crippen molar-refractivity contribution in [3.05, 3.63) is 46.3 Å². The van der Waals surface area contributed by atoms with Gasteiger partial charge in [0.25, 0.3) is 5.91 Å². The molecule has 1 atom stereocenters. The summed E-state index contributed by atoms with van der Waals surface area (Å²) in [4.78, 5) is 34.3. The van der Waals surface area contributed by atoms with E-state index in [0.29, 0.717) is 5.39 Å². The van der Waals surface area contributed by atoms with Gasteiger partial charge >= 0.3 is 5.97 Å². The van der Waals surface area contributed by atoms with Crippen LogP contribution >= 0.6 is 0 Å². The molecular weight excluding hydrogens is 250 g/mol. The van der Waals surface area contributed by atoms with Gasteiger partial charge < -0.3 is 14.9 Å². The smallest absolute Gasteiger partial charge is 0.375 e. The van der Waals surface area contributed by atoms with Gasteiger partial charge in [0.1, 0.15) is 5.58 Å². The predicted octanol–water partition coefficient (Wildman–Crippen LogP) is 0.824. The van der Waals surface area contributed by atoms with Crippen molar-refractivity contribution in [2.75, 3.05) is 0 Å². The number of fused-ring (bicyclic) bond motifs is 1. The number of ether oxygens (including phenoxy) is 1. The number of hydrogen-bond donors (Lipinski definition) is 1. The number of hydrogen-bond acceptors (Lipinski definition) is 5. The van der Waals surface area contributed by atoms with E-state index >= 15 is 0 Å². The van der Waals surface area contributed by atoms with Crippen molar-refractivity contribution in [1.82, 2.24) is 0 Å². The van der Waals surface area contributed by atoms with E-state index in [-0.39, 0.29) is 16.8 Å². The third-order valence-electron chi connectivity index (χ3n) is 2.52. The fourth-order valence-electron chi connectivity index (χ4n) is 1.48. The van der Waals surface area contributed by atoms with Crippen LogP contribution in [-0.4, -0.2) is 18.0 Å². The molecule has 6 nitrogen and oxygen atoms in total. The van der Waals surface area contributed by atoms with Crippen LogP contribution in [0.1, 0.15) is 17.5 Å². The molecule has 0 unspecified atom stereocenters. The summed E-state index contributed by atoms with van der Waals surface area (Å²) in [6, 6.07) is 7.53. The first-order chi connectivity index (χ1) is 8.99. The van der Waals surface area contributed by atoms with Crippen LogP contribution < -0.4 is 11.2 Å². The average Bonchev–Trinajstić information content (AvgIpc) is 2.38. The third kappa shape index (κ3) is 2.62. The zero-order valence-corrected chi connectivity index (χ0v) is 10.1. The zero-order chi connectivity index (χ0) is 14.0. The van der Waals surface area contributed by atoms with Crippen LogP contribution in [-0.2, 0) is 9.53 Å². The number of benzene rings is 1. The van der Waals surface area contributed by atoms with E-state index in [2.05, 4.69) is 0 Å². The van der Waals surface area contributed by atoms with Crippen molar-refractivity contribution in [3.8, 4) is 0 Å². The Hall–Kier alpha value is -2.63. The Morgan fingerprint density at radius 2 is 2.00 bits per heavy atom. The fourth-order valence-corrected chi connectivity index (χ4v) is 1.48. The number of primary amides is 1. The van der Waals surface area contributed by atoms with Crippen LogP contribution in [0.2, 0.25) is 0 Å². The number of amides is 1. The van der Waals surface area contributed by atoms with Crippen LogP contribution in [0.25, 0.3) is 11.0 Å². The Balaban J connectivity index is 2.38. The lowest BCUT2D eigenvalue weighted by Gasteiger charge is -2.08. The molecule has 1 aromatic heterocycles. The molecule has 19 heavy (non-hydrogen) atoms. The summed E-state index contributed by atoms with van der Waals surface area (Å²) in [6.45, 7) is 1.33. The van der Waals surface area contributed by atoms with Gasteiger partial charge in [-0.2, -0.15) is 0 Å². The van der Waals surface area contributed by atoms with Gasteiger partial charge in [0, 0.05) is 6.07 Å². The molecule has 2 N–H and O–H groups in total. The van der Waals surface area contributed by atoms with Crippen LogP contribution in [0.4, 0.5) is 0 Å². The predicted molar refractivity (Wildman–Crippen MR) is 66.6 cm³/mol. The van der Waals surface area contributed by atoms with Crippen molar-refractivity contribution in [2.45, 2.75) is 13.0 Å². The van der Waals surface area contributed by atoms with Gasteiger partial charge in [0.15, 0.2) is 11.5 Å². The van der Waals surface area contributed by atoms with E-state index in [1.807, 2.05) is 0 Å². The van der Waals surface area contributed by atoms with Gasteiger partial charge in [-0.1, -0.05) is 12.1 Å². The van der Waals surface area contributed by atoms with Crippen molar-refractivity contribution >= 4 is 22.8 Å². The average molecular weight is 261 g/mol. The Kier molecular flexibility index (Phi) is 3.33. The molecule has 0 fully saturated rings. The Morgan fingerprint density at radius 1 is 1.32 bits per heavy atom. The fraction of sp³-hybridized carbons (Fsp3) is 0.154. The van der Waals surface area contributed by atoms with Gasteiger partial charge in [-0.3, -0.25) is 9.59 Å². The molecule has 0 bridgehead atoms. The zero-order valence-electron chi connectivity index (χ0n) is 10.1. The maximum atomic E-state index is 11.8. The van der Waals surface area contributed by atoms with Gasteiger partial charge in [-0.25, -0.2) is 4.79 Å². The van der Waals surface area contributed by atoms with Crippen molar-refractivity contribution in [2.24, 2.45) is 5.73 Å². The van der Waals surface area contributed by atoms with Gasteiger partial charge in [-0.15, -0.1) is 0 Å². The largest absolute Gasteiger partial charge is 0.449 e. The third-order valence-corrected chi connectivity index (χ3v) is 2.52. The Bertz CT molecular complexity index is 703. The van der Waals surface area contributed by atoms with Crippen LogP contribution in [0, 0.1) is 0 Å². The van der Waals surface area contributed by atoms with Gasteiger partial charge in [0.05, 0.1) is 5.39 Å². The quantitative estimate of drug-likeness (QED) is 0.824. The molecule has 98 valence electrons. The van der Waals surface area contributed by atoms with E-state index in [1.165, 1.54) is 6.92 Å². The molecule has 1 aromatic carbocycles. The van der Waals surface area contributed by atoms with E-state index in [1.54, 1.807) is 24.3 Å². The summed E-state index contributed by atoms with van der Waals surface area (Å²) in [7, 11) is 0. The number of esters is 1. The molecule has 2 rings (SSSR count). The molecule has 0 aliphatic rings. The van der Waals surface area contributed by atoms with E-state index in [9.17, 15) is 14.4 Å². The highest BCUT2D eigenvalue weighted by atomic mass is 16.6. The molecule has 1 amide bonds. The minimum absolute atomic E-state index is 0.267. The number of carbonyl (C=O) groups is 2. The minimum Gasteiger partial charge on any atom is -0.449 e. The second-order valence-corrected chi connectivity index (χ2v) is 3.92. The molecule has 0 saturated heterocycles. The minimum atomic E-state index is -1.09. The van der Waals surface area contributed by atoms with Gasteiger partial charge in [-0.05, 0) is 19.1 Å². The topological polar surface area (TPSA) is 99.6 Å². The summed E-state index contributed by atoms with van der Waals surface area (Å²) in [5.74, 6) is -1.96. The lowest BCUT2D eigenvalue weighted by atomic mass is 10.2. The van der Waals surface area contributed by atoms with Crippen LogP contribution in [0.5, 0.6) is 0 Å². The van der Waals surface area contributed by atoms with Crippen molar-refractivity contribution < 1.29 is 18.7 Å². The lowest BCUT2D eigenvalue weighted by molar-refractivity contribution is -0.125. The van der Waals surface area contributed by atoms with Crippen molar-refractivity contribution in [3.63, 3.8) is 0 Å². The highest BCUT2D eigenvalue weighted by Crippen LogP contribution is 2.12. The lowest BCUT2D eigenvalue weighted by Crippen LogP contribution is -2.30. The summed E-state index contributed by atoms with van der Waals surface area (Å²) in [5.41, 5.74) is 4.89. The first-order valence-electron chi connectivity index (χ1n) is 5.52. The molecule has 1 heterocycles. The van der Waals surface area contributed by atoms with Crippen LogP contribution in [0.3, 0.4) is 0 Å². The molecule has 0 saturated carbocycles. The molecular formula is C13H11NO5. The SMILES string of the molecule is C[C@H](OC(=O)c1cc(=O)c2ccccc2o1)C(N)=O. The van der Waals surface area contributed by atoms with Crippen molar-refractivity contribution in [1.29, 1.82) is 0 Å². The number of rotatable bonds is 3. The number of carbonyl (C=O) groups excluding carboxylic acids is 2. The maximum absolute atomic E-state index is 11.8. The summed E-state index contributed by atoms with van der Waals surface area (Å²) in [5, 5.41) is 0.363. The standard InChI is InChI=1S/C13H11NO5/c1-7(12(14)16)18-13(17)11-6-9(15)8-4-2-3-5-10(8)19-11/h2-7H,1H3,(H2,14,16)/t7-/m0/s1. The van der Waals surface area contributed by atoms with Crippen LogP contribution in [0.15, 0.2) is 39.5 Å². The molecule has 0 aliphatic heterocycles. The second kappa shape index (κ2) is 4.93. The highest BCUT2D eigenvalue weighted by molar-refractivity contribution is 5.91. The summed E-state index contributed by atoms with van der Waals surface area (Å²) in [6.07, 6.45) is -1.09. The Morgan fingerprint density at radius 3 is 2.68 bits per heavy atom. The maximum Gasteiger partial charge on any atom is 0.375 e. The number of para-hydroxylation sites is 1. The molecule has 6 heteroatoms. The normalized spacial score (nSPS) is 12.1. The number of nitrogens with two attached hydrogens (primary N) is 1. The van der Waals surface area contributed by atoms with Gasteiger partial charge in [0.2, 0.25) is 5.76 Å². The van der Waals surface area contributed by atoms with E-state index in [0.717, 1.165) is 6.07 Å². The molecule has 0 spiro atoms. The summed E-state index contributed by atoms with van der Waals surface area (Å²) >= 11 is 0. The molecule has 0 aliphatic carbocycles. The monoisotopic (exact) mass is 261 g/mol. The molecule has 0 radical (unpaired) electrons. The highest BCUT2D eigenvalue weighted by Gasteiger charge is 2.19. The second-order valence-electron chi connectivity index (χ2n) is 3.92. The first-order valence-corrected chi connectivity index (χ1v) is 5.52. The first kappa shape index (κ1) is 12.8. The van der Waals surface area contributed by atoms with E-state index < -0.39 is 18.0 Å². The van der Waals surface area contributed by atoms with E-state index in [4.69, 9.17) is 14.9 Å².